The van der Waals surface area contributed by atoms with Crippen LogP contribution in [0.25, 0.3) is 22.4 Å². The minimum absolute atomic E-state index is 0.378. The molecule has 0 aliphatic heterocycles. The van der Waals surface area contributed by atoms with E-state index in [0.29, 0.717) is 16.4 Å². The van der Waals surface area contributed by atoms with Gasteiger partial charge in [0, 0.05) is 28.8 Å². The van der Waals surface area contributed by atoms with Gasteiger partial charge in [-0.1, -0.05) is 23.4 Å². The summed E-state index contributed by atoms with van der Waals surface area (Å²) in [5.41, 5.74) is 2.81. The lowest BCUT2D eigenvalue weighted by atomic mass is 10.1. The van der Waals surface area contributed by atoms with Crippen molar-refractivity contribution >= 4 is 34.3 Å². The van der Waals surface area contributed by atoms with E-state index in [1.165, 1.54) is 17.8 Å². The number of halogens is 1. The van der Waals surface area contributed by atoms with Gasteiger partial charge in [0.25, 0.3) is 0 Å². The molecule has 144 valence electrons. The van der Waals surface area contributed by atoms with E-state index in [9.17, 15) is 4.79 Å². The van der Waals surface area contributed by atoms with Gasteiger partial charge < -0.3 is 13.4 Å². The van der Waals surface area contributed by atoms with Crippen molar-refractivity contribution in [1.82, 2.24) is 14.8 Å². The molecule has 1 aromatic carbocycles. The maximum Gasteiger partial charge on any atom is 0.336 e. The van der Waals surface area contributed by atoms with Crippen molar-refractivity contribution in [3.05, 3.63) is 62.9 Å². The maximum atomic E-state index is 12.0. The van der Waals surface area contributed by atoms with Crippen molar-refractivity contribution in [3.63, 3.8) is 0 Å². The van der Waals surface area contributed by atoms with Gasteiger partial charge in [-0.05, 0) is 50.1 Å². The topological polar surface area (TPSA) is 74.1 Å². The van der Waals surface area contributed by atoms with Gasteiger partial charge in [-0.2, -0.15) is 0 Å². The van der Waals surface area contributed by atoms with E-state index in [-0.39, 0.29) is 5.63 Å². The first-order chi connectivity index (χ1) is 13.5. The molecule has 0 spiro atoms. The molecular formula is C20H18ClN3O3S. The van der Waals surface area contributed by atoms with Gasteiger partial charge >= 0.3 is 5.63 Å². The van der Waals surface area contributed by atoms with Crippen LogP contribution in [0.1, 0.15) is 23.8 Å². The third-order valence-corrected chi connectivity index (χ3v) is 6.02. The highest BCUT2D eigenvalue weighted by molar-refractivity contribution is 7.98. The Morgan fingerprint density at radius 2 is 2.04 bits per heavy atom. The Balaban J connectivity index is 1.69. The van der Waals surface area contributed by atoms with Crippen LogP contribution in [0.15, 0.2) is 49.3 Å². The van der Waals surface area contributed by atoms with Crippen LogP contribution in [0.5, 0.6) is 0 Å². The predicted octanol–water partition coefficient (Wildman–Crippen LogP) is 5.23. The van der Waals surface area contributed by atoms with Gasteiger partial charge in [0.1, 0.15) is 11.3 Å². The summed E-state index contributed by atoms with van der Waals surface area (Å²) in [6.45, 7) is 6.55. The van der Waals surface area contributed by atoms with Crippen LogP contribution >= 0.6 is 23.4 Å². The number of hydrogen-bond acceptors (Lipinski definition) is 6. The van der Waals surface area contributed by atoms with Crippen molar-refractivity contribution in [2.75, 3.05) is 0 Å². The zero-order valence-corrected chi connectivity index (χ0v) is 17.2. The first-order valence-electron chi connectivity index (χ1n) is 8.81. The first kappa shape index (κ1) is 18.8. The standard InChI is InChI=1S/C20H18ClN3O3S/c1-4-24-19(14-5-6-26-12(14)3)22-23-20(24)28-10-13-8-18(25)27-17-7-11(2)16(21)9-15(13)17/h5-9H,4,10H2,1-3H3. The van der Waals surface area contributed by atoms with Gasteiger partial charge in [0.2, 0.25) is 0 Å². The van der Waals surface area contributed by atoms with Gasteiger partial charge in [0.15, 0.2) is 11.0 Å². The predicted molar refractivity (Wildman–Crippen MR) is 110 cm³/mol. The summed E-state index contributed by atoms with van der Waals surface area (Å²) in [7, 11) is 0. The lowest BCUT2D eigenvalue weighted by Crippen LogP contribution is -2.02. The molecule has 28 heavy (non-hydrogen) atoms. The molecule has 0 amide bonds. The monoisotopic (exact) mass is 415 g/mol. The molecule has 0 saturated heterocycles. The molecule has 0 fully saturated rings. The second kappa shape index (κ2) is 7.48. The third-order valence-electron chi connectivity index (χ3n) is 4.60. The van der Waals surface area contributed by atoms with E-state index < -0.39 is 0 Å². The summed E-state index contributed by atoms with van der Waals surface area (Å²) in [5, 5.41) is 10.9. The fourth-order valence-corrected chi connectivity index (χ4v) is 4.26. The van der Waals surface area contributed by atoms with E-state index in [4.69, 9.17) is 20.4 Å². The highest BCUT2D eigenvalue weighted by Crippen LogP contribution is 2.31. The third kappa shape index (κ3) is 3.36. The normalized spacial score (nSPS) is 11.4. The lowest BCUT2D eigenvalue weighted by molar-refractivity contribution is 0.534. The van der Waals surface area contributed by atoms with Crippen LogP contribution in [0, 0.1) is 13.8 Å². The number of aromatic nitrogens is 3. The molecule has 0 saturated carbocycles. The minimum Gasteiger partial charge on any atom is -0.469 e. The largest absolute Gasteiger partial charge is 0.469 e. The Morgan fingerprint density at radius 3 is 2.75 bits per heavy atom. The van der Waals surface area contributed by atoms with Crippen molar-refractivity contribution in [2.24, 2.45) is 0 Å². The Hall–Kier alpha value is -2.51. The van der Waals surface area contributed by atoms with E-state index in [1.54, 1.807) is 12.3 Å². The van der Waals surface area contributed by atoms with Gasteiger partial charge in [0.05, 0.1) is 11.8 Å². The zero-order valence-electron chi connectivity index (χ0n) is 15.7. The van der Waals surface area contributed by atoms with Gasteiger partial charge in [-0.3, -0.25) is 0 Å². The molecule has 3 aromatic heterocycles. The molecule has 0 radical (unpaired) electrons. The Morgan fingerprint density at radius 1 is 1.21 bits per heavy atom. The summed E-state index contributed by atoms with van der Waals surface area (Å²) in [4.78, 5) is 12.0. The average molecular weight is 416 g/mol. The van der Waals surface area contributed by atoms with E-state index in [1.807, 2.05) is 37.5 Å². The van der Waals surface area contributed by atoms with Crippen LogP contribution < -0.4 is 5.63 Å². The van der Waals surface area contributed by atoms with Crippen LogP contribution in [0.3, 0.4) is 0 Å². The number of benzene rings is 1. The summed E-state index contributed by atoms with van der Waals surface area (Å²) >= 11 is 7.79. The minimum atomic E-state index is -0.378. The molecule has 8 heteroatoms. The van der Waals surface area contributed by atoms with Crippen LogP contribution in [-0.2, 0) is 12.3 Å². The molecule has 0 N–H and O–H groups in total. The second-order valence-corrected chi connectivity index (χ2v) is 7.77. The summed E-state index contributed by atoms with van der Waals surface area (Å²) in [6.07, 6.45) is 1.65. The molecule has 6 nitrogen and oxygen atoms in total. The van der Waals surface area contributed by atoms with Crippen molar-refractivity contribution in [3.8, 4) is 11.4 Å². The molecular weight excluding hydrogens is 398 g/mol. The van der Waals surface area contributed by atoms with E-state index in [2.05, 4.69) is 10.2 Å². The molecule has 0 atom stereocenters. The van der Waals surface area contributed by atoms with E-state index >= 15 is 0 Å². The number of aryl methyl sites for hydroxylation is 2. The second-order valence-electron chi connectivity index (χ2n) is 6.42. The summed E-state index contributed by atoms with van der Waals surface area (Å²) < 4.78 is 12.8. The number of fused-ring (bicyclic) bond motifs is 1. The number of rotatable bonds is 5. The van der Waals surface area contributed by atoms with Crippen LogP contribution in [0.4, 0.5) is 0 Å². The summed E-state index contributed by atoms with van der Waals surface area (Å²) in [5.74, 6) is 2.12. The van der Waals surface area contributed by atoms with Crippen LogP contribution in [-0.4, -0.2) is 14.8 Å². The number of nitrogens with zero attached hydrogens (tertiary/aromatic N) is 3. The smallest absolute Gasteiger partial charge is 0.336 e. The SMILES string of the molecule is CCn1c(SCc2cc(=O)oc3cc(C)c(Cl)cc23)nnc1-c1ccoc1C. The Kier molecular flexibility index (Phi) is 5.03. The van der Waals surface area contributed by atoms with Crippen molar-refractivity contribution < 1.29 is 8.83 Å². The molecule has 0 bridgehead atoms. The molecule has 0 unspecified atom stereocenters. The molecule has 4 aromatic rings. The highest BCUT2D eigenvalue weighted by atomic mass is 35.5. The van der Waals surface area contributed by atoms with Crippen molar-refractivity contribution in [1.29, 1.82) is 0 Å². The number of hydrogen-bond donors (Lipinski definition) is 0. The Labute approximate surface area is 170 Å². The Bertz CT molecular complexity index is 1230. The van der Waals surface area contributed by atoms with Crippen molar-refractivity contribution in [2.45, 2.75) is 38.2 Å². The van der Waals surface area contributed by atoms with Gasteiger partial charge in [-0.15, -0.1) is 10.2 Å². The highest BCUT2D eigenvalue weighted by Gasteiger charge is 2.17. The first-order valence-corrected chi connectivity index (χ1v) is 10.2. The lowest BCUT2D eigenvalue weighted by Gasteiger charge is -2.09. The zero-order chi connectivity index (χ0) is 19.8. The van der Waals surface area contributed by atoms with Crippen LogP contribution in [0.2, 0.25) is 5.02 Å². The molecule has 0 aliphatic carbocycles. The molecule has 4 rings (SSSR count). The van der Waals surface area contributed by atoms with Gasteiger partial charge in [-0.25, -0.2) is 4.79 Å². The maximum absolute atomic E-state index is 12.0. The number of furan rings is 1. The summed E-state index contributed by atoms with van der Waals surface area (Å²) in [6, 6.07) is 7.03. The molecule has 0 aliphatic rings. The fourth-order valence-electron chi connectivity index (χ4n) is 3.11. The number of thioether (sulfide) groups is 1. The fraction of sp³-hybridized carbons (Fsp3) is 0.250. The quantitative estimate of drug-likeness (QED) is 0.328. The molecule has 3 heterocycles. The average Bonchev–Trinajstić information content (AvgIpc) is 3.26. The van der Waals surface area contributed by atoms with E-state index in [0.717, 1.165) is 45.4 Å².